The minimum Gasteiger partial charge on any atom is -0.310 e. The first kappa shape index (κ1) is 14.2. The van der Waals surface area contributed by atoms with E-state index in [2.05, 4.69) is 33.0 Å². The highest BCUT2D eigenvalue weighted by atomic mass is 19.1. The van der Waals surface area contributed by atoms with Gasteiger partial charge in [-0.2, -0.15) is 0 Å². The molecule has 0 aromatic heterocycles. The van der Waals surface area contributed by atoms with E-state index < -0.39 is 0 Å². The van der Waals surface area contributed by atoms with Crippen LogP contribution < -0.4 is 5.32 Å². The van der Waals surface area contributed by atoms with Crippen LogP contribution in [0.25, 0.3) is 0 Å². The summed E-state index contributed by atoms with van der Waals surface area (Å²) in [6.07, 6.45) is 1.09. The molecule has 0 saturated heterocycles. The van der Waals surface area contributed by atoms with Gasteiger partial charge in [0, 0.05) is 6.04 Å². The van der Waals surface area contributed by atoms with E-state index >= 15 is 0 Å². The van der Waals surface area contributed by atoms with E-state index in [-0.39, 0.29) is 11.9 Å². The average molecular weight is 237 g/mol. The van der Waals surface area contributed by atoms with E-state index in [0.29, 0.717) is 11.8 Å². The number of nitrogens with one attached hydrogen (secondary N) is 1. The van der Waals surface area contributed by atoms with Crippen molar-refractivity contribution in [3.8, 4) is 0 Å². The molecule has 0 saturated carbocycles. The van der Waals surface area contributed by atoms with Crippen LogP contribution in [0.4, 0.5) is 4.39 Å². The van der Waals surface area contributed by atoms with E-state index in [1.165, 1.54) is 6.07 Å². The predicted molar refractivity (Wildman–Crippen MR) is 71.4 cm³/mol. The highest BCUT2D eigenvalue weighted by Crippen LogP contribution is 2.28. The zero-order chi connectivity index (χ0) is 12.8. The SMILES string of the molecule is CCCNC(c1cccc(F)c1)C(C)C(C)C. The summed E-state index contributed by atoms with van der Waals surface area (Å²) in [5, 5.41) is 3.53. The molecule has 0 radical (unpaired) electrons. The van der Waals surface area contributed by atoms with Crippen molar-refractivity contribution in [1.82, 2.24) is 5.32 Å². The molecule has 0 heterocycles. The van der Waals surface area contributed by atoms with Gasteiger partial charge in [0.25, 0.3) is 0 Å². The average Bonchev–Trinajstić information content (AvgIpc) is 2.29. The van der Waals surface area contributed by atoms with Crippen LogP contribution in [0.15, 0.2) is 24.3 Å². The molecule has 0 bridgehead atoms. The number of hydrogen-bond donors (Lipinski definition) is 1. The lowest BCUT2D eigenvalue weighted by atomic mass is 9.86. The molecule has 0 spiro atoms. The van der Waals surface area contributed by atoms with Crippen molar-refractivity contribution >= 4 is 0 Å². The van der Waals surface area contributed by atoms with Crippen molar-refractivity contribution in [2.75, 3.05) is 6.54 Å². The third-order valence-electron chi connectivity index (χ3n) is 3.40. The normalized spacial score (nSPS) is 14.9. The highest BCUT2D eigenvalue weighted by molar-refractivity contribution is 5.21. The minimum absolute atomic E-state index is 0.151. The molecule has 1 nitrogen and oxygen atoms in total. The lowest BCUT2D eigenvalue weighted by Gasteiger charge is -2.28. The molecular weight excluding hydrogens is 213 g/mol. The first-order chi connectivity index (χ1) is 8.06. The summed E-state index contributed by atoms with van der Waals surface area (Å²) >= 11 is 0. The van der Waals surface area contributed by atoms with Crippen LogP contribution in [0.1, 0.15) is 45.7 Å². The molecule has 17 heavy (non-hydrogen) atoms. The topological polar surface area (TPSA) is 12.0 Å². The third kappa shape index (κ3) is 4.12. The number of benzene rings is 1. The van der Waals surface area contributed by atoms with Crippen molar-refractivity contribution in [1.29, 1.82) is 0 Å². The maximum Gasteiger partial charge on any atom is 0.123 e. The Kier molecular flexibility index (Phi) is 5.63. The van der Waals surface area contributed by atoms with Crippen LogP contribution in [-0.2, 0) is 0 Å². The molecule has 0 aliphatic rings. The Morgan fingerprint density at radius 1 is 1.24 bits per heavy atom. The van der Waals surface area contributed by atoms with Gasteiger partial charge < -0.3 is 5.32 Å². The van der Waals surface area contributed by atoms with Crippen LogP contribution in [0.3, 0.4) is 0 Å². The van der Waals surface area contributed by atoms with E-state index in [1.54, 1.807) is 12.1 Å². The fourth-order valence-corrected chi connectivity index (χ4v) is 1.99. The molecule has 0 amide bonds. The Bertz CT molecular complexity index is 335. The van der Waals surface area contributed by atoms with Gasteiger partial charge in [-0.05, 0) is 42.5 Å². The van der Waals surface area contributed by atoms with Crippen LogP contribution in [0.5, 0.6) is 0 Å². The molecule has 1 N–H and O–H groups in total. The van der Waals surface area contributed by atoms with Crippen LogP contribution in [0, 0.1) is 17.7 Å². The molecule has 1 aromatic carbocycles. The molecule has 0 fully saturated rings. The molecular formula is C15H24FN. The minimum atomic E-state index is -0.151. The Morgan fingerprint density at radius 3 is 2.47 bits per heavy atom. The smallest absolute Gasteiger partial charge is 0.123 e. The summed E-state index contributed by atoms with van der Waals surface area (Å²) in [6.45, 7) is 9.77. The first-order valence-corrected chi connectivity index (χ1v) is 6.55. The van der Waals surface area contributed by atoms with Gasteiger partial charge in [0.05, 0.1) is 0 Å². The second kappa shape index (κ2) is 6.75. The Morgan fingerprint density at radius 2 is 1.94 bits per heavy atom. The van der Waals surface area contributed by atoms with Crippen molar-refractivity contribution in [3.05, 3.63) is 35.6 Å². The van der Waals surface area contributed by atoms with Crippen LogP contribution in [0.2, 0.25) is 0 Å². The lowest BCUT2D eigenvalue weighted by Crippen LogP contribution is -2.30. The Balaban J connectivity index is 2.89. The summed E-state index contributed by atoms with van der Waals surface area (Å²) in [5.41, 5.74) is 1.06. The van der Waals surface area contributed by atoms with Gasteiger partial charge in [-0.25, -0.2) is 4.39 Å². The fourth-order valence-electron chi connectivity index (χ4n) is 1.99. The molecule has 1 rings (SSSR count). The first-order valence-electron chi connectivity index (χ1n) is 6.55. The standard InChI is InChI=1S/C15H24FN/c1-5-9-17-15(12(4)11(2)3)13-7-6-8-14(16)10-13/h6-8,10-12,15,17H,5,9H2,1-4H3. The third-order valence-corrected chi connectivity index (χ3v) is 3.40. The van der Waals surface area contributed by atoms with Crippen molar-refractivity contribution < 1.29 is 4.39 Å². The second-order valence-corrected chi connectivity index (χ2v) is 5.09. The summed E-state index contributed by atoms with van der Waals surface area (Å²) in [5.74, 6) is 0.915. The van der Waals surface area contributed by atoms with Gasteiger partial charge in [-0.1, -0.05) is 39.8 Å². The van der Waals surface area contributed by atoms with Gasteiger partial charge in [0.15, 0.2) is 0 Å². The number of rotatable bonds is 6. The molecule has 0 aliphatic carbocycles. The summed E-state index contributed by atoms with van der Waals surface area (Å²) in [4.78, 5) is 0. The van der Waals surface area contributed by atoms with Crippen molar-refractivity contribution in [2.45, 2.75) is 40.2 Å². The van der Waals surface area contributed by atoms with Gasteiger partial charge in [0.1, 0.15) is 5.82 Å². The molecule has 2 unspecified atom stereocenters. The van der Waals surface area contributed by atoms with Crippen LogP contribution >= 0.6 is 0 Å². The quantitative estimate of drug-likeness (QED) is 0.783. The maximum absolute atomic E-state index is 13.3. The zero-order valence-electron chi connectivity index (χ0n) is 11.3. The van der Waals surface area contributed by atoms with E-state index in [1.807, 2.05) is 6.07 Å². The van der Waals surface area contributed by atoms with Gasteiger partial charge in [-0.3, -0.25) is 0 Å². The summed E-state index contributed by atoms with van der Waals surface area (Å²) in [6, 6.07) is 7.19. The molecule has 0 aliphatic heterocycles. The monoisotopic (exact) mass is 237 g/mol. The number of halogens is 1. The molecule has 2 heteroatoms. The molecule has 1 aromatic rings. The lowest BCUT2D eigenvalue weighted by molar-refractivity contribution is 0.303. The fraction of sp³-hybridized carbons (Fsp3) is 0.600. The number of hydrogen-bond acceptors (Lipinski definition) is 1. The summed E-state index contributed by atoms with van der Waals surface area (Å²) in [7, 11) is 0. The van der Waals surface area contributed by atoms with Gasteiger partial charge >= 0.3 is 0 Å². The van der Waals surface area contributed by atoms with E-state index in [4.69, 9.17) is 0 Å². The van der Waals surface area contributed by atoms with Crippen molar-refractivity contribution in [2.24, 2.45) is 11.8 Å². The van der Waals surface area contributed by atoms with Gasteiger partial charge in [-0.15, -0.1) is 0 Å². The molecule has 2 atom stereocenters. The van der Waals surface area contributed by atoms with Crippen LogP contribution in [-0.4, -0.2) is 6.54 Å². The second-order valence-electron chi connectivity index (χ2n) is 5.09. The molecule has 96 valence electrons. The maximum atomic E-state index is 13.3. The largest absolute Gasteiger partial charge is 0.310 e. The van der Waals surface area contributed by atoms with E-state index in [0.717, 1.165) is 18.5 Å². The van der Waals surface area contributed by atoms with Gasteiger partial charge in [0.2, 0.25) is 0 Å². The Labute approximate surface area is 104 Å². The highest BCUT2D eigenvalue weighted by Gasteiger charge is 2.21. The predicted octanol–water partition coefficient (Wildman–Crippen LogP) is 4.16. The van der Waals surface area contributed by atoms with Crippen molar-refractivity contribution in [3.63, 3.8) is 0 Å². The Hall–Kier alpha value is -0.890. The zero-order valence-corrected chi connectivity index (χ0v) is 11.3. The summed E-state index contributed by atoms with van der Waals surface area (Å²) < 4.78 is 13.3. The van der Waals surface area contributed by atoms with E-state index in [9.17, 15) is 4.39 Å².